The Balaban J connectivity index is 1.85. The summed E-state index contributed by atoms with van der Waals surface area (Å²) < 4.78 is 5.07. The van der Waals surface area contributed by atoms with Crippen LogP contribution in [0.2, 0.25) is 0 Å². The highest BCUT2D eigenvalue weighted by Crippen LogP contribution is 2.27. The van der Waals surface area contributed by atoms with Crippen molar-refractivity contribution in [1.29, 1.82) is 0 Å². The van der Waals surface area contributed by atoms with Crippen LogP contribution in [-0.2, 0) is 9.53 Å². The van der Waals surface area contributed by atoms with Crippen LogP contribution in [0.15, 0.2) is 16.5 Å². The predicted molar refractivity (Wildman–Crippen MR) is 79.3 cm³/mol. The molecular weight excluding hydrogens is 294 g/mol. The summed E-state index contributed by atoms with van der Waals surface area (Å²) in [6.45, 7) is 5.47. The standard InChI is InChI=1S/C13H17N3O4S/c1-13(2,3)20-12(19)14-5-6-16-10(17)9-8(4-7-21-9)15-11(16)18/h4,7,9H,5-6H2,1-3H3,(H,14,19). The molecule has 0 aliphatic carbocycles. The van der Waals surface area contributed by atoms with E-state index in [0.29, 0.717) is 5.71 Å². The van der Waals surface area contributed by atoms with Gasteiger partial charge in [0.1, 0.15) is 10.9 Å². The monoisotopic (exact) mass is 311 g/mol. The van der Waals surface area contributed by atoms with Crippen LogP contribution in [0.1, 0.15) is 20.8 Å². The highest BCUT2D eigenvalue weighted by molar-refractivity contribution is 8.04. The van der Waals surface area contributed by atoms with Crippen LogP contribution in [-0.4, -0.2) is 52.6 Å². The van der Waals surface area contributed by atoms with E-state index >= 15 is 0 Å². The highest BCUT2D eigenvalue weighted by Gasteiger charge is 2.38. The molecule has 0 spiro atoms. The third-order valence-corrected chi connectivity index (χ3v) is 3.68. The van der Waals surface area contributed by atoms with E-state index in [1.165, 1.54) is 11.8 Å². The van der Waals surface area contributed by atoms with Gasteiger partial charge in [-0.05, 0) is 32.3 Å². The minimum Gasteiger partial charge on any atom is -0.444 e. The van der Waals surface area contributed by atoms with E-state index in [9.17, 15) is 14.4 Å². The number of fused-ring (bicyclic) bond motifs is 1. The van der Waals surface area contributed by atoms with Gasteiger partial charge in [0.15, 0.2) is 0 Å². The molecule has 0 saturated heterocycles. The Labute approximate surface area is 126 Å². The lowest BCUT2D eigenvalue weighted by Gasteiger charge is -2.26. The highest BCUT2D eigenvalue weighted by atomic mass is 32.2. The van der Waals surface area contributed by atoms with Crippen LogP contribution in [0.4, 0.5) is 9.59 Å². The largest absolute Gasteiger partial charge is 0.444 e. The van der Waals surface area contributed by atoms with Crippen molar-refractivity contribution in [1.82, 2.24) is 10.2 Å². The van der Waals surface area contributed by atoms with Gasteiger partial charge in [-0.25, -0.2) is 9.59 Å². The van der Waals surface area contributed by atoms with Crippen molar-refractivity contribution in [3.63, 3.8) is 0 Å². The fourth-order valence-electron chi connectivity index (χ4n) is 1.82. The minimum atomic E-state index is -0.593. The van der Waals surface area contributed by atoms with Gasteiger partial charge in [-0.3, -0.25) is 9.69 Å². The van der Waals surface area contributed by atoms with E-state index < -0.39 is 23.0 Å². The number of rotatable bonds is 3. The molecule has 1 atom stereocenters. The number of amides is 4. The molecule has 0 bridgehead atoms. The molecule has 1 N–H and O–H groups in total. The van der Waals surface area contributed by atoms with Crippen molar-refractivity contribution >= 4 is 35.5 Å². The van der Waals surface area contributed by atoms with Crippen LogP contribution in [0.25, 0.3) is 0 Å². The third kappa shape index (κ3) is 3.84. The van der Waals surface area contributed by atoms with E-state index in [2.05, 4.69) is 10.3 Å². The molecule has 2 aliphatic rings. The Morgan fingerprint density at radius 1 is 1.48 bits per heavy atom. The maximum atomic E-state index is 12.1. The maximum Gasteiger partial charge on any atom is 0.407 e. The van der Waals surface area contributed by atoms with Gasteiger partial charge in [0.05, 0.1) is 5.71 Å². The number of allylic oxidation sites excluding steroid dienone is 1. The molecule has 2 heterocycles. The number of nitrogens with one attached hydrogen (secondary N) is 1. The molecule has 0 aromatic rings. The first-order valence-corrected chi connectivity index (χ1v) is 7.45. The van der Waals surface area contributed by atoms with Crippen molar-refractivity contribution < 1.29 is 19.1 Å². The first-order valence-electron chi connectivity index (χ1n) is 6.51. The lowest BCUT2D eigenvalue weighted by molar-refractivity contribution is -0.126. The topological polar surface area (TPSA) is 88.1 Å². The lowest BCUT2D eigenvalue weighted by Crippen LogP contribution is -2.49. The van der Waals surface area contributed by atoms with Crippen molar-refractivity contribution in [2.24, 2.45) is 4.99 Å². The van der Waals surface area contributed by atoms with Gasteiger partial charge in [0.2, 0.25) is 5.91 Å². The number of carbonyl (C=O) groups excluding carboxylic acids is 3. The van der Waals surface area contributed by atoms with Gasteiger partial charge in [0, 0.05) is 13.1 Å². The van der Waals surface area contributed by atoms with Gasteiger partial charge in [0.25, 0.3) is 0 Å². The summed E-state index contributed by atoms with van der Waals surface area (Å²) in [6, 6.07) is -0.593. The molecule has 114 valence electrons. The summed E-state index contributed by atoms with van der Waals surface area (Å²) in [6.07, 6.45) is 1.09. The van der Waals surface area contributed by atoms with Crippen LogP contribution in [0, 0.1) is 0 Å². The zero-order valence-electron chi connectivity index (χ0n) is 12.1. The number of nitrogens with zero attached hydrogens (tertiary/aromatic N) is 2. The average Bonchev–Trinajstić information content (AvgIpc) is 2.79. The van der Waals surface area contributed by atoms with Crippen LogP contribution in [0.3, 0.4) is 0 Å². The molecule has 0 radical (unpaired) electrons. The van der Waals surface area contributed by atoms with E-state index in [1.807, 2.05) is 0 Å². The average molecular weight is 311 g/mol. The predicted octanol–water partition coefficient (Wildman–Crippen LogP) is 1.54. The zero-order chi connectivity index (χ0) is 15.6. The Kier molecular flexibility index (Phi) is 4.36. The Morgan fingerprint density at radius 3 is 2.86 bits per heavy atom. The SMILES string of the molecule is CC(C)(C)OC(=O)NCCN1C(=O)N=C2C=CSC2C1=O. The molecule has 0 aromatic heterocycles. The number of hydrogen-bond acceptors (Lipinski definition) is 5. The first kappa shape index (κ1) is 15.6. The second-order valence-corrected chi connectivity index (χ2v) is 6.57. The number of hydrogen-bond donors (Lipinski definition) is 1. The minimum absolute atomic E-state index is 0.0742. The molecule has 1 unspecified atom stereocenters. The number of aliphatic imine (C=N–C) groups is 1. The molecular formula is C13H17N3O4S. The lowest BCUT2D eigenvalue weighted by atomic mass is 10.2. The summed E-state index contributed by atoms with van der Waals surface area (Å²) in [7, 11) is 0. The quantitative estimate of drug-likeness (QED) is 0.854. The molecule has 0 fully saturated rings. The van der Waals surface area contributed by atoms with Gasteiger partial charge in [-0.1, -0.05) is 0 Å². The summed E-state index contributed by atoms with van der Waals surface area (Å²) in [5.41, 5.74) is -0.0991. The van der Waals surface area contributed by atoms with Crippen LogP contribution in [0.5, 0.6) is 0 Å². The van der Waals surface area contributed by atoms with Gasteiger partial charge in [-0.2, -0.15) is 4.99 Å². The molecule has 7 nitrogen and oxygen atoms in total. The molecule has 4 amide bonds. The Bertz CT molecular complexity index is 536. The van der Waals surface area contributed by atoms with Gasteiger partial charge < -0.3 is 10.1 Å². The summed E-state index contributed by atoms with van der Waals surface area (Å²) in [5, 5.41) is 3.82. The maximum absolute atomic E-state index is 12.1. The number of ether oxygens (including phenoxy) is 1. The number of urea groups is 1. The van der Waals surface area contributed by atoms with Crippen molar-refractivity contribution in [2.45, 2.75) is 31.6 Å². The number of alkyl carbamates (subject to hydrolysis) is 1. The van der Waals surface area contributed by atoms with Crippen LogP contribution < -0.4 is 5.32 Å². The van der Waals surface area contributed by atoms with Crippen LogP contribution >= 0.6 is 11.8 Å². The van der Waals surface area contributed by atoms with E-state index in [1.54, 1.807) is 32.3 Å². The zero-order valence-corrected chi connectivity index (χ0v) is 12.9. The van der Waals surface area contributed by atoms with E-state index in [4.69, 9.17) is 4.74 Å². The van der Waals surface area contributed by atoms with Crippen molar-refractivity contribution in [3.8, 4) is 0 Å². The summed E-state index contributed by atoms with van der Waals surface area (Å²) >= 11 is 1.32. The van der Waals surface area contributed by atoms with Gasteiger partial charge >= 0.3 is 12.1 Å². The third-order valence-electron chi connectivity index (χ3n) is 2.67. The second kappa shape index (κ2) is 5.88. The molecule has 2 aliphatic heterocycles. The molecule has 8 heteroatoms. The van der Waals surface area contributed by atoms with E-state index in [-0.39, 0.29) is 19.0 Å². The fraction of sp³-hybridized carbons (Fsp3) is 0.538. The Hall–Kier alpha value is -1.83. The second-order valence-electron chi connectivity index (χ2n) is 5.56. The molecule has 0 saturated carbocycles. The Morgan fingerprint density at radius 2 is 2.19 bits per heavy atom. The molecule has 2 rings (SSSR count). The molecule has 21 heavy (non-hydrogen) atoms. The normalized spacial score (nSPS) is 21.2. The molecule has 0 aromatic carbocycles. The number of thioether (sulfide) groups is 1. The number of carbonyl (C=O) groups is 3. The van der Waals surface area contributed by atoms with Crippen molar-refractivity contribution in [3.05, 3.63) is 11.5 Å². The van der Waals surface area contributed by atoms with Crippen molar-refractivity contribution in [2.75, 3.05) is 13.1 Å². The summed E-state index contributed by atoms with van der Waals surface area (Å²) in [5.74, 6) is -0.300. The smallest absolute Gasteiger partial charge is 0.407 e. The van der Waals surface area contributed by atoms with Gasteiger partial charge in [-0.15, -0.1) is 11.8 Å². The first-order chi connectivity index (χ1) is 9.78. The van der Waals surface area contributed by atoms with E-state index in [0.717, 1.165) is 4.90 Å². The number of imide groups is 1. The summed E-state index contributed by atoms with van der Waals surface area (Å²) in [4.78, 5) is 40.3. The fourth-order valence-corrected chi connectivity index (χ4v) is 2.71.